The molecule has 24 heavy (non-hydrogen) atoms. The molecule has 1 aromatic carbocycles. The summed E-state index contributed by atoms with van der Waals surface area (Å²) in [7, 11) is 1.60. The number of nitrogens with zero attached hydrogens (tertiary/aromatic N) is 1. The van der Waals surface area contributed by atoms with Crippen molar-refractivity contribution < 1.29 is 14.3 Å². The maximum absolute atomic E-state index is 12.8. The van der Waals surface area contributed by atoms with Crippen molar-refractivity contribution in [2.45, 2.75) is 31.7 Å². The fourth-order valence-corrected chi connectivity index (χ4v) is 3.82. The third-order valence-corrected chi connectivity index (χ3v) is 5.35. The van der Waals surface area contributed by atoms with Gasteiger partial charge < -0.3 is 9.64 Å². The van der Waals surface area contributed by atoms with Crippen LogP contribution in [0.1, 0.15) is 34.5 Å². The van der Waals surface area contributed by atoms with Gasteiger partial charge in [0.05, 0.1) is 13.2 Å². The number of likely N-dealkylation sites (tertiary alicyclic amines) is 1. The molecular formula is C19H21NO3S. The lowest BCUT2D eigenvalue weighted by atomic mass is 10.0. The van der Waals surface area contributed by atoms with Gasteiger partial charge in [0.15, 0.2) is 5.78 Å². The maximum atomic E-state index is 12.8. The highest BCUT2D eigenvalue weighted by Crippen LogP contribution is 2.24. The number of methoxy groups -OCH3 is 1. The number of ether oxygens (including phenoxy) is 1. The van der Waals surface area contributed by atoms with Gasteiger partial charge in [-0.25, -0.2) is 0 Å². The first kappa shape index (κ1) is 16.7. The Morgan fingerprint density at radius 1 is 1.25 bits per heavy atom. The van der Waals surface area contributed by atoms with Crippen LogP contribution in [0.3, 0.4) is 0 Å². The van der Waals surface area contributed by atoms with Gasteiger partial charge in [-0.3, -0.25) is 9.59 Å². The van der Waals surface area contributed by atoms with Crippen LogP contribution in [-0.2, 0) is 11.2 Å². The van der Waals surface area contributed by atoms with Crippen LogP contribution in [0.2, 0.25) is 0 Å². The average molecular weight is 343 g/mol. The molecule has 0 spiro atoms. The number of ketones is 1. The van der Waals surface area contributed by atoms with Gasteiger partial charge in [-0.15, -0.1) is 11.3 Å². The number of carbonyl (C=O) groups excluding carboxylic acids is 2. The van der Waals surface area contributed by atoms with E-state index in [1.807, 2.05) is 17.5 Å². The number of amides is 1. The van der Waals surface area contributed by atoms with Crippen molar-refractivity contribution in [2.24, 2.45) is 0 Å². The largest absolute Gasteiger partial charge is 0.497 e. The third kappa shape index (κ3) is 3.67. The molecule has 1 amide bonds. The maximum Gasteiger partial charge on any atom is 0.223 e. The lowest BCUT2D eigenvalue weighted by Gasteiger charge is -2.23. The predicted octanol–water partition coefficient (Wildman–Crippen LogP) is 3.56. The Bertz CT molecular complexity index is 694. The molecule has 1 aromatic heterocycles. The summed E-state index contributed by atoms with van der Waals surface area (Å²) in [6.45, 7) is 0.676. The van der Waals surface area contributed by atoms with Crippen molar-refractivity contribution in [2.75, 3.05) is 13.7 Å². The number of carbonyl (C=O) groups is 2. The molecule has 1 fully saturated rings. The van der Waals surface area contributed by atoms with Crippen molar-refractivity contribution in [3.05, 3.63) is 52.2 Å². The number of hydrogen-bond donors (Lipinski definition) is 0. The first-order chi connectivity index (χ1) is 11.7. The minimum Gasteiger partial charge on any atom is -0.497 e. The Morgan fingerprint density at radius 3 is 2.71 bits per heavy atom. The van der Waals surface area contributed by atoms with E-state index >= 15 is 0 Å². The molecule has 4 nitrogen and oxygen atoms in total. The molecule has 0 N–H and O–H groups in total. The summed E-state index contributed by atoms with van der Waals surface area (Å²) in [5.41, 5.74) is 0.638. The van der Waals surface area contributed by atoms with Crippen LogP contribution in [0.4, 0.5) is 0 Å². The van der Waals surface area contributed by atoms with Gasteiger partial charge in [-0.1, -0.05) is 6.07 Å². The highest BCUT2D eigenvalue weighted by Gasteiger charge is 2.34. The van der Waals surface area contributed by atoms with E-state index < -0.39 is 0 Å². The SMILES string of the molecule is COc1ccc(C(=O)C2CCCN2C(=O)CCc2cccs2)cc1. The van der Waals surface area contributed by atoms with Crippen LogP contribution in [0.5, 0.6) is 5.75 Å². The van der Waals surface area contributed by atoms with Crippen LogP contribution in [-0.4, -0.2) is 36.3 Å². The van der Waals surface area contributed by atoms with E-state index in [-0.39, 0.29) is 17.7 Å². The Morgan fingerprint density at radius 2 is 2.04 bits per heavy atom. The zero-order valence-electron chi connectivity index (χ0n) is 13.7. The van der Waals surface area contributed by atoms with Crippen molar-refractivity contribution in [1.82, 2.24) is 4.90 Å². The second kappa shape index (κ2) is 7.62. The molecule has 1 aliphatic heterocycles. The molecule has 2 aromatic rings. The van der Waals surface area contributed by atoms with E-state index in [0.717, 1.165) is 25.0 Å². The highest BCUT2D eigenvalue weighted by atomic mass is 32.1. The zero-order chi connectivity index (χ0) is 16.9. The molecule has 0 saturated carbocycles. The summed E-state index contributed by atoms with van der Waals surface area (Å²) in [5.74, 6) is 0.828. The number of thiophene rings is 1. The summed E-state index contributed by atoms with van der Waals surface area (Å²) >= 11 is 1.67. The second-order valence-corrected chi connectivity index (χ2v) is 6.95. The molecule has 1 aliphatic rings. The fourth-order valence-electron chi connectivity index (χ4n) is 3.11. The molecule has 0 bridgehead atoms. The van der Waals surface area contributed by atoms with Crippen LogP contribution >= 0.6 is 11.3 Å². The van der Waals surface area contributed by atoms with Crippen molar-refractivity contribution in [3.8, 4) is 5.75 Å². The van der Waals surface area contributed by atoms with Gasteiger partial charge in [0.25, 0.3) is 0 Å². The van der Waals surface area contributed by atoms with E-state index in [2.05, 4.69) is 0 Å². The second-order valence-electron chi connectivity index (χ2n) is 5.92. The number of benzene rings is 1. The first-order valence-electron chi connectivity index (χ1n) is 8.19. The van der Waals surface area contributed by atoms with Gasteiger partial charge in [-0.2, -0.15) is 0 Å². The molecule has 3 rings (SSSR count). The van der Waals surface area contributed by atoms with Crippen LogP contribution in [0.25, 0.3) is 0 Å². The normalized spacial score (nSPS) is 17.0. The van der Waals surface area contributed by atoms with E-state index in [1.54, 1.807) is 47.6 Å². The van der Waals surface area contributed by atoms with E-state index in [1.165, 1.54) is 4.88 Å². The molecule has 126 valence electrons. The summed E-state index contributed by atoms with van der Waals surface area (Å²) in [4.78, 5) is 28.3. The van der Waals surface area contributed by atoms with Gasteiger partial charge in [0, 0.05) is 23.4 Å². The van der Waals surface area contributed by atoms with E-state index in [4.69, 9.17) is 4.74 Å². The van der Waals surface area contributed by atoms with Gasteiger partial charge in [0.2, 0.25) is 5.91 Å². The fraction of sp³-hybridized carbons (Fsp3) is 0.368. The molecule has 1 unspecified atom stereocenters. The first-order valence-corrected chi connectivity index (χ1v) is 9.07. The predicted molar refractivity (Wildman–Crippen MR) is 94.7 cm³/mol. The Hall–Kier alpha value is -2.14. The minimum absolute atomic E-state index is 0.0274. The monoisotopic (exact) mass is 343 g/mol. The number of Topliss-reactive ketones (excluding diaryl/α,β-unsaturated/α-hetero) is 1. The number of hydrogen-bond acceptors (Lipinski definition) is 4. The molecular weight excluding hydrogens is 322 g/mol. The molecule has 0 aliphatic carbocycles. The van der Waals surface area contributed by atoms with Gasteiger partial charge in [-0.05, 0) is 55.0 Å². The molecule has 2 heterocycles. The Balaban J connectivity index is 1.65. The molecule has 5 heteroatoms. The van der Waals surface area contributed by atoms with Crippen LogP contribution in [0.15, 0.2) is 41.8 Å². The minimum atomic E-state index is -0.325. The Labute approximate surface area is 146 Å². The smallest absolute Gasteiger partial charge is 0.223 e. The quantitative estimate of drug-likeness (QED) is 0.754. The van der Waals surface area contributed by atoms with Crippen LogP contribution in [0, 0.1) is 0 Å². The third-order valence-electron chi connectivity index (χ3n) is 4.42. The lowest BCUT2D eigenvalue weighted by Crippen LogP contribution is -2.40. The van der Waals surface area contributed by atoms with Crippen molar-refractivity contribution >= 4 is 23.0 Å². The Kier molecular flexibility index (Phi) is 5.30. The van der Waals surface area contributed by atoms with E-state index in [9.17, 15) is 9.59 Å². The van der Waals surface area contributed by atoms with E-state index in [0.29, 0.717) is 18.5 Å². The molecule has 0 radical (unpaired) electrons. The standard InChI is InChI=1S/C19H21NO3S/c1-23-15-8-6-14(7-9-15)19(22)17-5-2-12-20(17)18(21)11-10-16-4-3-13-24-16/h3-4,6-9,13,17H,2,5,10-12H2,1H3. The average Bonchev–Trinajstić information content (AvgIpc) is 3.30. The van der Waals surface area contributed by atoms with Crippen LogP contribution < -0.4 is 4.74 Å². The van der Waals surface area contributed by atoms with Crippen molar-refractivity contribution in [1.29, 1.82) is 0 Å². The summed E-state index contributed by atoms with van der Waals surface area (Å²) in [5, 5.41) is 2.02. The van der Waals surface area contributed by atoms with Gasteiger partial charge in [0.1, 0.15) is 5.75 Å². The summed E-state index contributed by atoms with van der Waals surface area (Å²) in [6, 6.07) is 10.8. The zero-order valence-corrected chi connectivity index (χ0v) is 14.6. The summed E-state index contributed by atoms with van der Waals surface area (Å²) in [6.07, 6.45) is 2.84. The summed E-state index contributed by atoms with van der Waals surface area (Å²) < 4.78 is 5.13. The lowest BCUT2D eigenvalue weighted by molar-refractivity contribution is -0.131. The van der Waals surface area contributed by atoms with Crippen molar-refractivity contribution in [3.63, 3.8) is 0 Å². The molecule has 1 saturated heterocycles. The number of aryl methyl sites for hydroxylation is 1. The topological polar surface area (TPSA) is 46.6 Å². The molecule has 1 atom stereocenters. The number of rotatable bonds is 6. The highest BCUT2D eigenvalue weighted by molar-refractivity contribution is 7.09. The van der Waals surface area contributed by atoms with Gasteiger partial charge >= 0.3 is 0 Å².